The number of hydrogen-bond acceptors (Lipinski definition) is 7. The summed E-state index contributed by atoms with van der Waals surface area (Å²) >= 11 is 0. The molecular formula is C35H38N2O5. The Labute approximate surface area is 247 Å². The van der Waals surface area contributed by atoms with E-state index in [2.05, 4.69) is 30.3 Å². The highest BCUT2D eigenvalue weighted by atomic mass is 16.7. The van der Waals surface area contributed by atoms with Crippen molar-refractivity contribution in [3.63, 3.8) is 0 Å². The average molecular weight is 567 g/mol. The van der Waals surface area contributed by atoms with Gasteiger partial charge in [0.25, 0.3) is 0 Å². The number of piperidine rings is 1. The van der Waals surface area contributed by atoms with E-state index in [1.165, 1.54) is 10.8 Å². The largest absolute Gasteiger partial charge is 0.439 e. The fourth-order valence-electron chi connectivity index (χ4n) is 5.07. The maximum atomic E-state index is 12.6. The van der Waals surface area contributed by atoms with Crippen LogP contribution in [0.15, 0.2) is 97.1 Å². The van der Waals surface area contributed by atoms with Crippen LogP contribution in [-0.4, -0.2) is 36.2 Å². The van der Waals surface area contributed by atoms with Gasteiger partial charge in [0.2, 0.25) is 0 Å². The first kappa shape index (κ1) is 29.5. The second-order valence-corrected chi connectivity index (χ2v) is 11.8. The molecule has 1 aliphatic rings. The molecule has 7 heteroatoms. The summed E-state index contributed by atoms with van der Waals surface area (Å²) in [5.74, 6) is -0.656. The van der Waals surface area contributed by atoms with Gasteiger partial charge in [0, 0.05) is 18.0 Å². The smallest absolute Gasteiger partial charge is 0.339 e. The zero-order chi connectivity index (χ0) is 29.7. The molecular weight excluding hydrogens is 528 g/mol. The number of carbonyl (C=O) groups excluding carboxylic acids is 2. The van der Waals surface area contributed by atoms with Crippen LogP contribution in [0.25, 0.3) is 10.8 Å². The summed E-state index contributed by atoms with van der Waals surface area (Å²) in [5, 5.41) is 4.08. The molecule has 1 saturated heterocycles. The van der Waals surface area contributed by atoms with Crippen LogP contribution in [0.3, 0.4) is 0 Å². The van der Waals surface area contributed by atoms with Crippen molar-refractivity contribution in [2.75, 3.05) is 13.1 Å². The number of hydroxylamine groups is 2. The molecule has 218 valence electrons. The summed E-state index contributed by atoms with van der Waals surface area (Å²) in [5.41, 5.74) is 8.94. The zero-order valence-electron chi connectivity index (χ0n) is 24.4. The van der Waals surface area contributed by atoms with E-state index in [4.69, 9.17) is 20.0 Å². The molecule has 0 aromatic heterocycles. The third-order valence-corrected chi connectivity index (χ3v) is 7.56. The molecule has 0 saturated carbocycles. The van der Waals surface area contributed by atoms with Crippen LogP contribution in [0.5, 0.6) is 0 Å². The Kier molecular flexibility index (Phi) is 9.02. The lowest BCUT2D eigenvalue weighted by Crippen LogP contribution is -2.46. The van der Waals surface area contributed by atoms with Crippen molar-refractivity contribution in [3.05, 3.63) is 119 Å². The predicted octanol–water partition coefficient (Wildman–Crippen LogP) is 6.53. The lowest BCUT2D eigenvalue weighted by molar-refractivity contribution is -0.216. The van der Waals surface area contributed by atoms with Gasteiger partial charge in [0.05, 0.1) is 30.2 Å². The number of carbonyl (C=O) groups is 2. The number of fused-ring (bicyclic) bond motifs is 1. The Morgan fingerprint density at radius 3 is 2.31 bits per heavy atom. The van der Waals surface area contributed by atoms with E-state index in [-0.39, 0.29) is 18.0 Å². The molecule has 5 rings (SSSR count). The maximum absolute atomic E-state index is 12.6. The minimum atomic E-state index is -0.884. The van der Waals surface area contributed by atoms with Crippen molar-refractivity contribution >= 4 is 22.7 Å². The molecule has 1 heterocycles. The number of nitrogens with two attached hydrogens (primary N) is 1. The molecule has 4 aromatic rings. The lowest BCUT2D eigenvalue weighted by atomic mass is 9.87. The summed E-state index contributed by atoms with van der Waals surface area (Å²) in [6, 6.07) is 31.2. The number of esters is 1. The second-order valence-electron chi connectivity index (χ2n) is 11.8. The van der Waals surface area contributed by atoms with Crippen LogP contribution in [-0.2, 0) is 25.7 Å². The van der Waals surface area contributed by atoms with Crippen molar-refractivity contribution in [2.45, 2.75) is 52.0 Å². The summed E-state index contributed by atoms with van der Waals surface area (Å²) in [6.45, 7) is 7.03. The van der Waals surface area contributed by atoms with Crippen molar-refractivity contribution < 1.29 is 23.9 Å². The van der Waals surface area contributed by atoms with E-state index in [0.29, 0.717) is 30.8 Å². The molecule has 42 heavy (non-hydrogen) atoms. The Morgan fingerprint density at radius 1 is 0.905 bits per heavy atom. The Hall–Kier alpha value is -4.04. The summed E-state index contributed by atoms with van der Waals surface area (Å²) in [6.07, 6.45) is -0.354. The third-order valence-electron chi connectivity index (χ3n) is 7.56. The SMILES string of the molecule is CC(C)(C)C(=O)ON1CCC(c2ccc(C(N)OC(=O)c3ccccc3)cc2)C(OCc2ccc3ccccc3c2)C1. The average Bonchev–Trinajstić information content (AvgIpc) is 3.00. The highest BCUT2D eigenvalue weighted by Gasteiger charge is 2.35. The fourth-order valence-corrected chi connectivity index (χ4v) is 5.07. The molecule has 7 nitrogen and oxygen atoms in total. The molecule has 0 amide bonds. The minimum absolute atomic E-state index is 0.0761. The monoisotopic (exact) mass is 566 g/mol. The molecule has 0 spiro atoms. The van der Waals surface area contributed by atoms with Crippen LogP contribution in [0, 0.1) is 5.41 Å². The Bertz CT molecular complexity index is 1510. The first-order valence-corrected chi connectivity index (χ1v) is 14.4. The zero-order valence-corrected chi connectivity index (χ0v) is 24.4. The van der Waals surface area contributed by atoms with Gasteiger partial charge < -0.3 is 14.3 Å². The highest BCUT2D eigenvalue weighted by Crippen LogP contribution is 2.33. The molecule has 2 N–H and O–H groups in total. The highest BCUT2D eigenvalue weighted by molar-refractivity contribution is 5.89. The number of ether oxygens (including phenoxy) is 2. The number of benzene rings is 4. The summed E-state index contributed by atoms with van der Waals surface area (Å²) in [7, 11) is 0. The standard InChI is InChI=1S/C35H38N2O5/c1-35(2,3)34(39)42-37-20-19-30(31(22-37)40-23-24-13-14-25-9-7-8-12-29(25)21-24)26-15-17-27(18-16-26)32(36)41-33(38)28-10-5-4-6-11-28/h4-18,21,30-32H,19-20,22-23,36H2,1-3H3. The van der Waals surface area contributed by atoms with Crippen molar-refractivity contribution in [3.8, 4) is 0 Å². The van der Waals surface area contributed by atoms with E-state index < -0.39 is 17.6 Å². The Morgan fingerprint density at radius 2 is 1.60 bits per heavy atom. The van der Waals surface area contributed by atoms with Crippen LogP contribution >= 0.6 is 0 Å². The van der Waals surface area contributed by atoms with Gasteiger partial charge in [0.1, 0.15) is 0 Å². The van der Waals surface area contributed by atoms with Crippen molar-refractivity contribution in [2.24, 2.45) is 11.1 Å². The lowest BCUT2D eigenvalue weighted by Gasteiger charge is -2.38. The first-order valence-electron chi connectivity index (χ1n) is 14.4. The van der Waals surface area contributed by atoms with Gasteiger partial charge in [0.15, 0.2) is 6.23 Å². The van der Waals surface area contributed by atoms with Crippen molar-refractivity contribution in [1.29, 1.82) is 0 Å². The van der Waals surface area contributed by atoms with Gasteiger partial charge in [-0.15, -0.1) is 5.06 Å². The molecule has 1 aliphatic heterocycles. The molecule has 4 aromatic carbocycles. The van der Waals surface area contributed by atoms with Gasteiger partial charge >= 0.3 is 11.9 Å². The molecule has 0 radical (unpaired) electrons. The Balaban J connectivity index is 1.30. The molecule has 0 aliphatic carbocycles. The van der Waals surface area contributed by atoms with Gasteiger partial charge in [-0.2, -0.15) is 0 Å². The van der Waals surface area contributed by atoms with E-state index in [1.807, 2.05) is 63.2 Å². The van der Waals surface area contributed by atoms with Crippen LogP contribution in [0.1, 0.15) is 66.4 Å². The van der Waals surface area contributed by atoms with Gasteiger partial charge in [-0.05, 0) is 67.3 Å². The first-order chi connectivity index (χ1) is 20.2. The quantitative estimate of drug-likeness (QED) is 0.191. The second kappa shape index (κ2) is 12.9. The van der Waals surface area contributed by atoms with E-state index in [0.717, 1.165) is 17.5 Å². The molecule has 3 atom stereocenters. The minimum Gasteiger partial charge on any atom is -0.439 e. The van der Waals surface area contributed by atoms with E-state index in [9.17, 15) is 9.59 Å². The fraction of sp³-hybridized carbons (Fsp3) is 0.314. The molecule has 3 unspecified atom stereocenters. The summed E-state index contributed by atoms with van der Waals surface area (Å²) < 4.78 is 12.0. The normalized spacial score (nSPS) is 18.4. The van der Waals surface area contributed by atoms with Crippen LogP contribution in [0.2, 0.25) is 0 Å². The van der Waals surface area contributed by atoms with Crippen LogP contribution < -0.4 is 5.73 Å². The topological polar surface area (TPSA) is 91.1 Å². The maximum Gasteiger partial charge on any atom is 0.339 e. The predicted molar refractivity (Wildman–Crippen MR) is 162 cm³/mol. The van der Waals surface area contributed by atoms with E-state index in [1.54, 1.807) is 29.3 Å². The third kappa shape index (κ3) is 7.23. The number of hydrogen-bond donors (Lipinski definition) is 1. The van der Waals surface area contributed by atoms with Crippen molar-refractivity contribution in [1.82, 2.24) is 5.06 Å². The van der Waals surface area contributed by atoms with Crippen LogP contribution in [0.4, 0.5) is 0 Å². The summed E-state index contributed by atoms with van der Waals surface area (Å²) in [4.78, 5) is 30.8. The van der Waals surface area contributed by atoms with E-state index >= 15 is 0 Å². The van der Waals surface area contributed by atoms with Gasteiger partial charge in [-0.3, -0.25) is 5.73 Å². The van der Waals surface area contributed by atoms with Gasteiger partial charge in [-0.1, -0.05) is 78.9 Å². The van der Waals surface area contributed by atoms with Gasteiger partial charge in [-0.25, -0.2) is 9.59 Å². The number of rotatable bonds is 8. The number of nitrogens with zero attached hydrogens (tertiary/aromatic N) is 1. The molecule has 1 fully saturated rings. The molecule has 0 bridgehead atoms.